The molecule has 1 aliphatic heterocycles. The van der Waals surface area contributed by atoms with Crippen LogP contribution >= 0.6 is 0 Å². The Bertz CT molecular complexity index is 2190. The topological polar surface area (TPSA) is 80.9 Å². The van der Waals surface area contributed by atoms with E-state index < -0.39 is 0 Å². The lowest BCUT2D eigenvalue weighted by atomic mass is 9.96. The summed E-state index contributed by atoms with van der Waals surface area (Å²) in [6.07, 6.45) is 0. The van der Waals surface area contributed by atoms with Gasteiger partial charge in [-0.15, -0.1) is 0 Å². The Balaban J connectivity index is 1.21. The van der Waals surface area contributed by atoms with Crippen LogP contribution < -0.4 is 9.47 Å². The maximum Gasteiger partial charge on any atom is 0.178 e. The maximum atomic E-state index is 9.28. The van der Waals surface area contributed by atoms with Gasteiger partial charge in [-0.25, -0.2) is 15.0 Å². The largest absolute Gasteiger partial charge is 0.449 e. The SMILES string of the molecule is N#Cc1ccc(-c2ccc(-c3ccc(-c4nc(-c5ccccc5)nc(-c5ccccc5)n4)cc3)c3c2Oc2ccccc2O3)cc1. The van der Waals surface area contributed by atoms with E-state index in [1.54, 1.807) is 12.1 Å². The molecular weight excluding hydrogens is 568 g/mol. The molecule has 7 aromatic rings. The number of benzene rings is 6. The molecule has 1 aromatic heterocycles. The van der Waals surface area contributed by atoms with Crippen molar-refractivity contribution in [3.8, 4) is 85.5 Å². The molecular formula is C40H24N4O2. The predicted molar refractivity (Wildman–Crippen MR) is 178 cm³/mol. The van der Waals surface area contributed by atoms with E-state index in [0.717, 1.165) is 38.9 Å². The standard InChI is InChI=1S/C40H24N4O2/c41-25-26-15-17-27(18-16-26)32-23-24-33(37-36(32)45-34-13-7-8-14-35(34)46-37)28-19-21-31(22-20-28)40-43-38(29-9-3-1-4-10-29)42-39(44-40)30-11-5-2-6-12-30/h1-24H. The van der Waals surface area contributed by atoms with Crippen molar-refractivity contribution < 1.29 is 9.47 Å². The summed E-state index contributed by atoms with van der Waals surface area (Å²) in [5, 5.41) is 9.28. The number of fused-ring (bicyclic) bond motifs is 2. The summed E-state index contributed by atoms with van der Waals surface area (Å²) < 4.78 is 13.0. The Hall–Kier alpha value is -6.58. The second-order valence-electron chi connectivity index (χ2n) is 10.8. The molecule has 8 rings (SSSR count). The van der Waals surface area contributed by atoms with Crippen LogP contribution in [-0.2, 0) is 0 Å². The van der Waals surface area contributed by atoms with Gasteiger partial charge >= 0.3 is 0 Å². The summed E-state index contributed by atoms with van der Waals surface area (Å²) in [5.74, 6) is 4.38. The minimum Gasteiger partial charge on any atom is -0.449 e. The van der Waals surface area contributed by atoms with Crippen molar-refractivity contribution in [2.45, 2.75) is 0 Å². The maximum absolute atomic E-state index is 9.28. The summed E-state index contributed by atoms with van der Waals surface area (Å²) in [5.41, 5.74) is 6.96. The number of nitrogens with zero attached hydrogens (tertiary/aromatic N) is 4. The molecule has 0 aliphatic carbocycles. The van der Waals surface area contributed by atoms with Crippen LogP contribution in [0.3, 0.4) is 0 Å². The quantitative estimate of drug-likeness (QED) is 0.198. The zero-order chi connectivity index (χ0) is 30.9. The van der Waals surface area contributed by atoms with E-state index in [9.17, 15) is 5.26 Å². The highest BCUT2D eigenvalue weighted by Gasteiger charge is 2.26. The number of hydrogen-bond acceptors (Lipinski definition) is 6. The molecule has 0 unspecified atom stereocenters. The Morgan fingerprint density at radius 1 is 0.391 bits per heavy atom. The van der Waals surface area contributed by atoms with Crippen molar-refractivity contribution in [1.82, 2.24) is 15.0 Å². The van der Waals surface area contributed by atoms with E-state index >= 15 is 0 Å². The molecule has 0 N–H and O–H groups in total. The highest BCUT2D eigenvalue weighted by atomic mass is 16.6. The van der Waals surface area contributed by atoms with E-state index in [-0.39, 0.29) is 0 Å². The fourth-order valence-electron chi connectivity index (χ4n) is 5.52. The third-order valence-electron chi connectivity index (χ3n) is 7.86. The fraction of sp³-hybridized carbons (Fsp3) is 0. The Morgan fingerprint density at radius 2 is 0.761 bits per heavy atom. The highest BCUT2D eigenvalue weighted by Crippen LogP contribution is 2.53. The molecule has 1 aliphatic rings. The molecule has 0 amide bonds. The van der Waals surface area contributed by atoms with Crippen molar-refractivity contribution >= 4 is 0 Å². The van der Waals surface area contributed by atoms with Gasteiger partial charge in [0.05, 0.1) is 11.6 Å². The fourth-order valence-corrected chi connectivity index (χ4v) is 5.52. The van der Waals surface area contributed by atoms with Gasteiger partial charge in [0, 0.05) is 27.8 Å². The van der Waals surface area contributed by atoms with E-state index in [0.29, 0.717) is 46.0 Å². The van der Waals surface area contributed by atoms with Crippen molar-refractivity contribution in [2.75, 3.05) is 0 Å². The summed E-state index contributed by atoms with van der Waals surface area (Å²) in [7, 11) is 0. The van der Waals surface area contributed by atoms with Crippen molar-refractivity contribution in [3.05, 3.63) is 151 Å². The number of rotatable bonds is 5. The monoisotopic (exact) mass is 592 g/mol. The van der Waals surface area contributed by atoms with E-state index in [1.807, 2.05) is 133 Å². The molecule has 0 saturated carbocycles. The molecule has 0 atom stereocenters. The molecule has 216 valence electrons. The lowest BCUT2D eigenvalue weighted by molar-refractivity contribution is 0.362. The number of ether oxygens (including phenoxy) is 2. The molecule has 2 heterocycles. The Morgan fingerprint density at radius 3 is 1.20 bits per heavy atom. The van der Waals surface area contributed by atoms with Gasteiger partial charge in [-0.2, -0.15) is 5.26 Å². The number of aromatic nitrogens is 3. The minimum atomic E-state index is 0.589. The summed E-state index contributed by atoms with van der Waals surface area (Å²) in [6, 6.07) is 49.4. The summed E-state index contributed by atoms with van der Waals surface area (Å²) in [4.78, 5) is 14.5. The lowest BCUT2D eigenvalue weighted by Gasteiger charge is -2.25. The van der Waals surface area contributed by atoms with Crippen molar-refractivity contribution in [3.63, 3.8) is 0 Å². The summed E-state index contributed by atoms with van der Waals surface area (Å²) >= 11 is 0. The first kappa shape index (κ1) is 27.0. The average molecular weight is 593 g/mol. The minimum absolute atomic E-state index is 0.589. The van der Waals surface area contributed by atoms with Gasteiger partial charge in [0.2, 0.25) is 0 Å². The van der Waals surface area contributed by atoms with Gasteiger partial charge in [-0.05, 0) is 47.5 Å². The average Bonchev–Trinajstić information content (AvgIpc) is 3.14. The van der Waals surface area contributed by atoms with Crippen LogP contribution in [0.25, 0.3) is 56.4 Å². The smallest absolute Gasteiger partial charge is 0.178 e. The molecule has 6 heteroatoms. The van der Waals surface area contributed by atoms with Gasteiger partial charge < -0.3 is 9.47 Å². The first-order valence-corrected chi connectivity index (χ1v) is 14.8. The van der Waals surface area contributed by atoms with Crippen LogP contribution in [0.2, 0.25) is 0 Å². The van der Waals surface area contributed by atoms with Crippen molar-refractivity contribution in [1.29, 1.82) is 5.26 Å². The zero-order valence-electron chi connectivity index (χ0n) is 24.5. The third-order valence-corrected chi connectivity index (χ3v) is 7.86. The molecule has 0 bridgehead atoms. The molecule has 0 spiro atoms. The van der Waals surface area contributed by atoms with Crippen molar-refractivity contribution in [2.24, 2.45) is 0 Å². The number of para-hydroxylation sites is 2. The van der Waals surface area contributed by atoms with Crippen LogP contribution in [0.4, 0.5) is 0 Å². The normalized spacial score (nSPS) is 11.4. The summed E-state index contributed by atoms with van der Waals surface area (Å²) in [6.45, 7) is 0. The second-order valence-corrected chi connectivity index (χ2v) is 10.8. The van der Waals surface area contributed by atoms with E-state index in [2.05, 4.69) is 6.07 Å². The first-order chi connectivity index (χ1) is 22.7. The lowest BCUT2D eigenvalue weighted by Crippen LogP contribution is -2.02. The Kier molecular flexibility index (Phi) is 6.75. The molecule has 46 heavy (non-hydrogen) atoms. The van der Waals surface area contributed by atoms with Crippen LogP contribution in [-0.4, -0.2) is 15.0 Å². The van der Waals surface area contributed by atoms with Crippen LogP contribution in [0.5, 0.6) is 23.0 Å². The van der Waals surface area contributed by atoms with Crippen LogP contribution in [0.1, 0.15) is 5.56 Å². The highest BCUT2D eigenvalue weighted by molar-refractivity contribution is 5.85. The third kappa shape index (κ3) is 5.02. The van der Waals surface area contributed by atoms with Gasteiger partial charge in [0.15, 0.2) is 40.5 Å². The predicted octanol–water partition coefficient (Wildman–Crippen LogP) is 9.98. The van der Waals surface area contributed by atoms with Gasteiger partial charge in [-0.1, -0.05) is 109 Å². The van der Waals surface area contributed by atoms with Crippen LogP contribution in [0.15, 0.2) is 146 Å². The van der Waals surface area contributed by atoms with Crippen LogP contribution in [0, 0.1) is 11.3 Å². The molecule has 0 saturated heterocycles. The van der Waals surface area contributed by atoms with E-state index in [1.165, 1.54) is 0 Å². The van der Waals surface area contributed by atoms with Gasteiger partial charge in [0.25, 0.3) is 0 Å². The molecule has 0 fully saturated rings. The first-order valence-electron chi connectivity index (χ1n) is 14.8. The molecule has 6 aromatic carbocycles. The Labute approximate surface area is 265 Å². The number of nitriles is 1. The second kappa shape index (κ2) is 11.5. The van der Waals surface area contributed by atoms with Gasteiger partial charge in [-0.3, -0.25) is 0 Å². The van der Waals surface area contributed by atoms with E-state index in [4.69, 9.17) is 24.4 Å². The molecule has 0 radical (unpaired) electrons. The number of hydrogen-bond donors (Lipinski definition) is 0. The zero-order valence-corrected chi connectivity index (χ0v) is 24.5. The molecule has 6 nitrogen and oxygen atoms in total. The van der Waals surface area contributed by atoms with Gasteiger partial charge in [0.1, 0.15) is 0 Å².